The van der Waals surface area contributed by atoms with Gasteiger partial charge in [0.2, 0.25) is 11.8 Å². The molecule has 0 spiro atoms. The average Bonchev–Trinajstić information content (AvgIpc) is 3.27. The van der Waals surface area contributed by atoms with E-state index in [4.69, 9.17) is 0 Å². The molecule has 0 unspecified atom stereocenters. The van der Waals surface area contributed by atoms with E-state index in [0.717, 1.165) is 25.7 Å². The number of carbonyl (C=O) groups excluding carboxylic acids is 3. The van der Waals surface area contributed by atoms with Gasteiger partial charge in [0, 0.05) is 18.5 Å². The molecule has 28 heavy (non-hydrogen) atoms. The molecule has 6 heteroatoms. The van der Waals surface area contributed by atoms with Gasteiger partial charge in [-0.3, -0.25) is 19.3 Å². The SMILES string of the molecule is CC(C)N(C(=O)CN1C(=O)c2ccccc2N2C(=O)CC[C@]12C)C1CCCC1. The molecule has 0 N–H and O–H groups in total. The van der Waals surface area contributed by atoms with Crippen LogP contribution in [0, 0.1) is 0 Å². The third kappa shape index (κ3) is 2.81. The molecule has 1 saturated heterocycles. The van der Waals surface area contributed by atoms with Crippen LogP contribution in [0.25, 0.3) is 0 Å². The second-order valence-electron chi connectivity index (χ2n) is 8.69. The number of rotatable bonds is 4. The Morgan fingerprint density at radius 3 is 2.57 bits per heavy atom. The van der Waals surface area contributed by atoms with E-state index in [1.807, 2.05) is 37.8 Å². The number of amides is 3. The lowest BCUT2D eigenvalue weighted by atomic mass is 9.98. The molecule has 3 aliphatic rings. The van der Waals surface area contributed by atoms with Crippen molar-refractivity contribution in [1.82, 2.24) is 9.80 Å². The highest BCUT2D eigenvalue weighted by atomic mass is 16.2. The van der Waals surface area contributed by atoms with Crippen molar-refractivity contribution < 1.29 is 14.4 Å². The maximum atomic E-state index is 13.3. The number of fused-ring (bicyclic) bond motifs is 3. The van der Waals surface area contributed by atoms with Gasteiger partial charge in [-0.2, -0.15) is 0 Å². The van der Waals surface area contributed by atoms with Gasteiger partial charge < -0.3 is 9.80 Å². The van der Waals surface area contributed by atoms with Crippen LogP contribution in [-0.2, 0) is 9.59 Å². The molecule has 0 radical (unpaired) electrons. The molecule has 3 amide bonds. The van der Waals surface area contributed by atoms with Crippen molar-refractivity contribution >= 4 is 23.4 Å². The summed E-state index contributed by atoms with van der Waals surface area (Å²) in [5.74, 6) is -0.168. The van der Waals surface area contributed by atoms with E-state index < -0.39 is 5.66 Å². The van der Waals surface area contributed by atoms with Gasteiger partial charge in [-0.1, -0.05) is 25.0 Å². The van der Waals surface area contributed by atoms with Crippen LogP contribution in [0.2, 0.25) is 0 Å². The van der Waals surface area contributed by atoms with E-state index in [1.54, 1.807) is 21.9 Å². The normalized spacial score (nSPS) is 24.7. The topological polar surface area (TPSA) is 60.9 Å². The Labute approximate surface area is 166 Å². The number of anilines is 1. The molecule has 1 aromatic carbocycles. The first kappa shape index (κ1) is 19.0. The first-order valence-corrected chi connectivity index (χ1v) is 10.4. The Morgan fingerprint density at radius 2 is 1.89 bits per heavy atom. The molecule has 1 aliphatic carbocycles. The van der Waals surface area contributed by atoms with E-state index >= 15 is 0 Å². The molecule has 6 nitrogen and oxygen atoms in total. The molecule has 150 valence electrons. The molecule has 1 saturated carbocycles. The maximum absolute atomic E-state index is 13.3. The van der Waals surface area contributed by atoms with E-state index in [0.29, 0.717) is 24.1 Å². The van der Waals surface area contributed by atoms with Crippen LogP contribution in [0.5, 0.6) is 0 Å². The predicted molar refractivity (Wildman–Crippen MR) is 107 cm³/mol. The average molecular weight is 383 g/mol. The molecule has 4 rings (SSSR count). The highest BCUT2D eigenvalue weighted by Gasteiger charge is 2.53. The monoisotopic (exact) mass is 383 g/mol. The lowest BCUT2D eigenvalue weighted by molar-refractivity contribution is -0.137. The zero-order valence-electron chi connectivity index (χ0n) is 17.0. The third-order valence-electron chi connectivity index (χ3n) is 6.60. The number of para-hydroxylation sites is 1. The first-order valence-electron chi connectivity index (χ1n) is 10.4. The lowest BCUT2D eigenvalue weighted by Crippen LogP contribution is -2.64. The Kier molecular flexibility index (Phi) is 4.68. The molecule has 0 aromatic heterocycles. The van der Waals surface area contributed by atoms with Crippen LogP contribution in [0.4, 0.5) is 5.69 Å². The minimum absolute atomic E-state index is 0.0106. The highest BCUT2D eigenvalue weighted by molar-refractivity contribution is 6.11. The Morgan fingerprint density at radius 1 is 1.21 bits per heavy atom. The van der Waals surface area contributed by atoms with Crippen molar-refractivity contribution in [1.29, 1.82) is 0 Å². The first-order chi connectivity index (χ1) is 13.3. The van der Waals surface area contributed by atoms with Crippen molar-refractivity contribution in [3.05, 3.63) is 29.8 Å². The molecule has 2 heterocycles. The summed E-state index contributed by atoms with van der Waals surface area (Å²) < 4.78 is 0. The van der Waals surface area contributed by atoms with Crippen molar-refractivity contribution in [3.63, 3.8) is 0 Å². The lowest BCUT2D eigenvalue weighted by Gasteiger charge is -2.49. The number of hydrogen-bond acceptors (Lipinski definition) is 3. The zero-order valence-corrected chi connectivity index (χ0v) is 17.0. The molecular weight excluding hydrogens is 354 g/mol. The Balaban J connectivity index is 1.68. The van der Waals surface area contributed by atoms with Gasteiger partial charge in [0.05, 0.1) is 11.3 Å². The molecule has 1 atom stereocenters. The quantitative estimate of drug-likeness (QED) is 0.802. The predicted octanol–water partition coefficient (Wildman–Crippen LogP) is 3.17. The van der Waals surface area contributed by atoms with Crippen LogP contribution in [0.15, 0.2) is 24.3 Å². The summed E-state index contributed by atoms with van der Waals surface area (Å²) in [4.78, 5) is 44.7. The van der Waals surface area contributed by atoms with E-state index in [1.165, 1.54) is 0 Å². The summed E-state index contributed by atoms with van der Waals surface area (Å²) >= 11 is 0. The minimum Gasteiger partial charge on any atom is -0.336 e. The molecule has 0 bridgehead atoms. The largest absolute Gasteiger partial charge is 0.336 e. The number of nitrogens with zero attached hydrogens (tertiary/aromatic N) is 3. The Hall–Kier alpha value is -2.37. The number of benzene rings is 1. The van der Waals surface area contributed by atoms with Gasteiger partial charge in [-0.05, 0) is 52.2 Å². The van der Waals surface area contributed by atoms with E-state index in [9.17, 15) is 14.4 Å². The maximum Gasteiger partial charge on any atom is 0.258 e. The van der Waals surface area contributed by atoms with Crippen molar-refractivity contribution in [2.24, 2.45) is 0 Å². The summed E-state index contributed by atoms with van der Waals surface area (Å²) in [6.45, 7) is 6.00. The van der Waals surface area contributed by atoms with E-state index in [-0.39, 0.29) is 36.3 Å². The smallest absolute Gasteiger partial charge is 0.258 e. The summed E-state index contributed by atoms with van der Waals surface area (Å²) in [5, 5.41) is 0. The van der Waals surface area contributed by atoms with Gasteiger partial charge in [-0.15, -0.1) is 0 Å². The highest BCUT2D eigenvalue weighted by Crippen LogP contribution is 2.44. The molecule has 1 aromatic rings. The second-order valence-corrected chi connectivity index (χ2v) is 8.69. The van der Waals surface area contributed by atoms with Crippen LogP contribution in [-0.4, -0.2) is 51.8 Å². The second kappa shape index (κ2) is 6.90. The summed E-state index contributed by atoms with van der Waals surface area (Å²) in [6.07, 6.45) is 5.29. The Bertz CT molecular complexity index is 815. The number of hydrogen-bond donors (Lipinski definition) is 0. The van der Waals surface area contributed by atoms with Gasteiger partial charge in [0.1, 0.15) is 12.2 Å². The molecular formula is C22H29N3O3. The van der Waals surface area contributed by atoms with Crippen molar-refractivity contribution in [2.45, 2.75) is 77.0 Å². The fourth-order valence-electron chi connectivity index (χ4n) is 5.25. The summed E-state index contributed by atoms with van der Waals surface area (Å²) in [5.41, 5.74) is 0.383. The van der Waals surface area contributed by atoms with Gasteiger partial charge in [-0.25, -0.2) is 0 Å². The van der Waals surface area contributed by atoms with Crippen molar-refractivity contribution in [2.75, 3.05) is 11.4 Å². The van der Waals surface area contributed by atoms with Crippen LogP contribution in [0.3, 0.4) is 0 Å². The van der Waals surface area contributed by atoms with Gasteiger partial charge in [0.25, 0.3) is 5.91 Å². The zero-order chi connectivity index (χ0) is 20.1. The number of carbonyl (C=O) groups is 3. The van der Waals surface area contributed by atoms with Crippen LogP contribution >= 0.6 is 0 Å². The summed E-state index contributed by atoms with van der Waals surface area (Å²) in [7, 11) is 0. The standard InChI is InChI=1S/C22H29N3O3/c1-15(2)24(16-8-4-5-9-16)20(27)14-23-21(28)17-10-6-7-11-18(17)25-19(26)12-13-22(23,25)3/h6-7,10-11,15-16H,4-5,8-9,12-14H2,1-3H3/t22-/m1/s1. The van der Waals surface area contributed by atoms with Crippen LogP contribution in [0.1, 0.15) is 69.7 Å². The van der Waals surface area contributed by atoms with Crippen molar-refractivity contribution in [3.8, 4) is 0 Å². The fourth-order valence-corrected chi connectivity index (χ4v) is 5.25. The molecule has 2 fully saturated rings. The van der Waals surface area contributed by atoms with Gasteiger partial charge in [0.15, 0.2) is 0 Å². The van der Waals surface area contributed by atoms with Gasteiger partial charge >= 0.3 is 0 Å². The minimum atomic E-state index is -0.781. The van der Waals surface area contributed by atoms with Crippen LogP contribution < -0.4 is 4.90 Å². The fraction of sp³-hybridized carbons (Fsp3) is 0.591. The molecule has 2 aliphatic heterocycles. The van der Waals surface area contributed by atoms with E-state index in [2.05, 4.69) is 0 Å². The summed E-state index contributed by atoms with van der Waals surface area (Å²) in [6, 6.07) is 7.58. The third-order valence-corrected chi connectivity index (χ3v) is 6.60.